The minimum atomic E-state index is -0.180. The summed E-state index contributed by atoms with van der Waals surface area (Å²) in [6.45, 7) is 7.82. The maximum absolute atomic E-state index is 11.8. The molecule has 25 heavy (non-hydrogen) atoms. The molecule has 1 aromatic carbocycles. The Kier molecular flexibility index (Phi) is 5.87. The highest BCUT2D eigenvalue weighted by Crippen LogP contribution is 2.47. The molecule has 0 bridgehead atoms. The molecule has 5 nitrogen and oxygen atoms in total. The summed E-state index contributed by atoms with van der Waals surface area (Å²) in [5, 5.41) is 6.26. The molecule has 2 unspecified atom stereocenters. The minimum Gasteiger partial charge on any atom is -0.352 e. The predicted molar refractivity (Wildman–Crippen MR) is 101 cm³/mol. The van der Waals surface area contributed by atoms with E-state index in [9.17, 15) is 4.79 Å². The van der Waals surface area contributed by atoms with E-state index in [0.29, 0.717) is 18.0 Å². The van der Waals surface area contributed by atoms with E-state index in [4.69, 9.17) is 5.84 Å². The Morgan fingerprint density at radius 1 is 1.32 bits per heavy atom. The topological polar surface area (TPSA) is 70.7 Å². The second-order valence-electron chi connectivity index (χ2n) is 7.27. The fourth-order valence-corrected chi connectivity index (χ4v) is 3.76. The molecule has 1 aliphatic carbocycles. The second kappa shape index (κ2) is 8.30. The number of rotatable bonds is 7. The lowest BCUT2D eigenvalue weighted by molar-refractivity contribution is -0.117. The van der Waals surface area contributed by atoms with Crippen LogP contribution in [-0.2, 0) is 4.79 Å². The molecule has 1 amide bonds. The number of hydrazone groups is 1. The SMILES string of the molecule is C=C(/C=N\N)C(=O)NCC1CCN(CC2CC2c2ccccc2)CC1. The van der Waals surface area contributed by atoms with Crippen molar-refractivity contribution in [2.45, 2.75) is 25.2 Å². The van der Waals surface area contributed by atoms with Gasteiger partial charge in [-0.05, 0) is 55.7 Å². The van der Waals surface area contributed by atoms with Gasteiger partial charge in [0.2, 0.25) is 0 Å². The third-order valence-corrected chi connectivity index (χ3v) is 5.42. The van der Waals surface area contributed by atoms with Gasteiger partial charge in [-0.2, -0.15) is 5.10 Å². The summed E-state index contributed by atoms with van der Waals surface area (Å²) < 4.78 is 0. The van der Waals surface area contributed by atoms with Crippen LogP contribution < -0.4 is 11.2 Å². The van der Waals surface area contributed by atoms with Crippen molar-refractivity contribution in [1.82, 2.24) is 10.2 Å². The summed E-state index contributed by atoms with van der Waals surface area (Å²) in [5.74, 6) is 6.98. The van der Waals surface area contributed by atoms with E-state index in [1.807, 2.05) is 0 Å². The van der Waals surface area contributed by atoms with Gasteiger partial charge in [0, 0.05) is 13.1 Å². The first-order chi connectivity index (χ1) is 12.2. The van der Waals surface area contributed by atoms with Gasteiger partial charge in [0.1, 0.15) is 0 Å². The largest absolute Gasteiger partial charge is 0.352 e. The van der Waals surface area contributed by atoms with Gasteiger partial charge in [0.15, 0.2) is 0 Å². The summed E-state index contributed by atoms with van der Waals surface area (Å²) in [7, 11) is 0. The van der Waals surface area contributed by atoms with Gasteiger partial charge in [-0.1, -0.05) is 36.9 Å². The zero-order chi connectivity index (χ0) is 17.6. The molecule has 2 fully saturated rings. The van der Waals surface area contributed by atoms with Crippen LogP contribution in [-0.4, -0.2) is 43.2 Å². The Labute approximate surface area is 150 Å². The third kappa shape index (κ3) is 4.92. The Balaban J connectivity index is 1.34. The molecular weight excluding hydrogens is 312 g/mol. The number of nitrogens with one attached hydrogen (secondary N) is 1. The molecule has 5 heteroatoms. The maximum atomic E-state index is 11.8. The molecule has 134 valence electrons. The number of benzene rings is 1. The van der Waals surface area contributed by atoms with Crippen molar-refractivity contribution in [3.63, 3.8) is 0 Å². The summed E-state index contributed by atoms with van der Waals surface area (Å²) in [6, 6.07) is 10.9. The van der Waals surface area contributed by atoms with E-state index in [0.717, 1.165) is 37.8 Å². The van der Waals surface area contributed by atoms with Crippen molar-refractivity contribution in [1.29, 1.82) is 0 Å². The van der Waals surface area contributed by atoms with Gasteiger partial charge in [-0.25, -0.2) is 0 Å². The van der Waals surface area contributed by atoms with Crippen molar-refractivity contribution in [3.05, 3.63) is 48.0 Å². The number of likely N-dealkylation sites (tertiary alicyclic amines) is 1. The lowest BCUT2D eigenvalue weighted by atomic mass is 9.96. The van der Waals surface area contributed by atoms with E-state index in [1.54, 1.807) is 0 Å². The lowest BCUT2D eigenvalue weighted by Gasteiger charge is -2.32. The summed E-state index contributed by atoms with van der Waals surface area (Å²) in [4.78, 5) is 14.4. The first-order valence-electron chi connectivity index (χ1n) is 9.15. The molecule has 0 aromatic heterocycles. The Bertz CT molecular complexity index is 620. The molecule has 1 saturated heterocycles. The summed E-state index contributed by atoms with van der Waals surface area (Å²) in [6.07, 6.45) is 4.89. The van der Waals surface area contributed by atoms with Crippen molar-refractivity contribution in [2.24, 2.45) is 22.8 Å². The molecule has 2 atom stereocenters. The number of nitrogens with two attached hydrogens (primary N) is 1. The number of amides is 1. The van der Waals surface area contributed by atoms with Crippen LogP contribution in [0.3, 0.4) is 0 Å². The number of nitrogens with zero attached hydrogens (tertiary/aromatic N) is 2. The molecule has 1 aromatic rings. The molecule has 1 saturated carbocycles. The molecule has 3 rings (SSSR count). The summed E-state index contributed by atoms with van der Waals surface area (Å²) >= 11 is 0. The van der Waals surface area contributed by atoms with Gasteiger partial charge in [-0.15, -0.1) is 0 Å². The fourth-order valence-electron chi connectivity index (χ4n) is 3.76. The second-order valence-corrected chi connectivity index (χ2v) is 7.27. The molecule has 1 aliphatic heterocycles. The fraction of sp³-hybridized carbons (Fsp3) is 0.500. The zero-order valence-electron chi connectivity index (χ0n) is 14.7. The number of piperidine rings is 1. The van der Waals surface area contributed by atoms with Gasteiger partial charge in [0.05, 0.1) is 11.8 Å². The average Bonchev–Trinajstić information content (AvgIpc) is 3.41. The van der Waals surface area contributed by atoms with E-state index in [2.05, 4.69) is 52.2 Å². The lowest BCUT2D eigenvalue weighted by Crippen LogP contribution is -2.39. The van der Waals surface area contributed by atoms with Crippen LogP contribution in [0.25, 0.3) is 0 Å². The van der Waals surface area contributed by atoms with E-state index >= 15 is 0 Å². The monoisotopic (exact) mass is 340 g/mol. The molecule has 0 spiro atoms. The zero-order valence-corrected chi connectivity index (χ0v) is 14.7. The normalized spacial score (nSPS) is 24.3. The van der Waals surface area contributed by atoms with E-state index in [-0.39, 0.29) is 5.91 Å². The molecule has 1 heterocycles. The summed E-state index contributed by atoms with van der Waals surface area (Å²) in [5.41, 5.74) is 1.80. The van der Waals surface area contributed by atoms with Crippen LogP contribution in [0.1, 0.15) is 30.7 Å². The van der Waals surface area contributed by atoms with Crippen LogP contribution in [0.2, 0.25) is 0 Å². The van der Waals surface area contributed by atoms with E-state index in [1.165, 1.54) is 24.7 Å². The van der Waals surface area contributed by atoms with Crippen molar-refractivity contribution in [3.8, 4) is 0 Å². The van der Waals surface area contributed by atoms with Gasteiger partial charge in [0.25, 0.3) is 5.91 Å². The highest BCUT2D eigenvalue weighted by atomic mass is 16.1. The van der Waals surface area contributed by atoms with Crippen LogP contribution >= 0.6 is 0 Å². The van der Waals surface area contributed by atoms with Crippen molar-refractivity contribution in [2.75, 3.05) is 26.2 Å². The molecule has 0 radical (unpaired) electrons. The van der Waals surface area contributed by atoms with E-state index < -0.39 is 0 Å². The quantitative estimate of drug-likeness (QED) is 0.346. The maximum Gasteiger partial charge on any atom is 0.252 e. The number of hydrogen-bond acceptors (Lipinski definition) is 4. The predicted octanol–water partition coefficient (Wildman–Crippen LogP) is 2.12. The highest BCUT2D eigenvalue weighted by molar-refractivity contribution is 6.11. The average molecular weight is 340 g/mol. The smallest absolute Gasteiger partial charge is 0.252 e. The van der Waals surface area contributed by atoms with Gasteiger partial charge < -0.3 is 16.1 Å². The van der Waals surface area contributed by atoms with Crippen LogP contribution in [0.4, 0.5) is 0 Å². The van der Waals surface area contributed by atoms with Crippen molar-refractivity contribution < 1.29 is 4.79 Å². The third-order valence-electron chi connectivity index (χ3n) is 5.42. The van der Waals surface area contributed by atoms with Gasteiger partial charge in [-0.3, -0.25) is 4.79 Å². The number of carbonyl (C=O) groups excluding carboxylic acids is 1. The van der Waals surface area contributed by atoms with Crippen LogP contribution in [0.15, 0.2) is 47.6 Å². The standard InChI is InChI=1S/C20H28N4O/c1-15(12-23-21)20(25)22-13-16-7-9-24(10-8-16)14-18-11-19(18)17-5-3-2-4-6-17/h2-6,12,16,18-19H,1,7-11,13-14,21H2,(H,22,25)/b23-12-. The van der Waals surface area contributed by atoms with Crippen LogP contribution in [0.5, 0.6) is 0 Å². The number of carbonyl (C=O) groups is 1. The first kappa shape index (κ1) is 17.7. The minimum absolute atomic E-state index is 0.180. The first-order valence-corrected chi connectivity index (χ1v) is 9.15. The molecule has 3 N–H and O–H groups in total. The Hall–Kier alpha value is -2.14. The Morgan fingerprint density at radius 2 is 2.04 bits per heavy atom. The Morgan fingerprint density at radius 3 is 2.72 bits per heavy atom. The van der Waals surface area contributed by atoms with Crippen molar-refractivity contribution >= 4 is 12.1 Å². The molecule has 2 aliphatic rings. The number of hydrogen-bond donors (Lipinski definition) is 2. The highest BCUT2D eigenvalue weighted by Gasteiger charge is 2.39. The van der Waals surface area contributed by atoms with Gasteiger partial charge >= 0.3 is 0 Å². The molecular formula is C20H28N4O. The van der Waals surface area contributed by atoms with Crippen LogP contribution in [0, 0.1) is 11.8 Å².